The summed E-state index contributed by atoms with van der Waals surface area (Å²) in [5.41, 5.74) is 5.66. The number of rotatable bonds is 3. The maximum Gasteiger partial charge on any atom is 0.0741 e. The van der Waals surface area contributed by atoms with E-state index in [1.165, 1.54) is 32.1 Å². The van der Waals surface area contributed by atoms with Crippen LogP contribution in [0.3, 0.4) is 0 Å². The van der Waals surface area contributed by atoms with Crippen LogP contribution in [-0.2, 0) is 0 Å². The van der Waals surface area contributed by atoms with Gasteiger partial charge in [-0.15, -0.1) is 0 Å². The van der Waals surface area contributed by atoms with Crippen LogP contribution in [0.5, 0.6) is 0 Å². The maximum atomic E-state index is 11.2. The fraction of sp³-hybridized carbons (Fsp3) is 1.00. The molecule has 0 saturated heterocycles. The van der Waals surface area contributed by atoms with Crippen molar-refractivity contribution in [3.63, 3.8) is 0 Å². The average molecular weight is 239 g/mol. The average Bonchev–Trinajstić information content (AvgIpc) is 2.71. The van der Waals surface area contributed by atoms with Gasteiger partial charge in [-0.1, -0.05) is 39.5 Å². The van der Waals surface area contributed by atoms with Gasteiger partial charge in [-0.25, -0.2) is 0 Å². The Kier molecular flexibility index (Phi) is 3.84. The zero-order valence-corrected chi connectivity index (χ0v) is 11.5. The minimum absolute atomic E-state index is 0.0157. The van der Waals surface area contributed by atoms with E-state index >= 15 is 0 Å². The van der Waals surface area contributed by atoms with Crippen molar-refractivity contribution < 1.29 is 5.11 Å². The van der Waals surface area contributed by atoms with Crippen molar-refractivity contribution in [1.29, 1.82) is 0 Å². The molecule has 0 amide bonds. The van der Waals surface area contributed by atoms with Crippen LogP contribution in [0.4, 0.5) is 0 Å². The van der Waals surface area contributed by atoms with Gasteiger partial charge in [-0.05, 0) is 37.5 Å². The normalized spacial score (nSPS) is 47.3. The molecule has 2 aliphatic rings. The van der Waals surface area contributed by atoms with Crippen LogP contribution in [0, 0.1) is 17.3 Å². The van der Waals surface area contributed by atoms with Crippen molar-refractivity contribution in [2.24, 2.45) is 23.0 Å². The van der Waals surface area contributed by atoms with E-state index in [0.717, 1.165) is 25.2 Å². The molecule has 0 bridgehead atoms. The Morgan fingerprint density at radius 1 is 1.24 bits per heavy atom. The van der Waals surface area contributed by atoms with Gasteiger partial charge in [-0.2, -0.15) is 0 Å². The van der Waals surface area contributed by atoms with Crippen LogP contribution in [-0.4, -0.2) is 17.3 Å². The van der Waals surface area contributed by atoms with E-state index in [2.05, 4.69) is 13.8 Å². The summed E-state index contributed by atoms with van der Waals surface area (Å²) in [6.45, 7) is 5.17. The Labute approximate surface area is 106 Å². The van der Waals surface area contributed by atoms with E-state index in [0.29, 0.717) is 12.5 Å². The minimum Gasteiger partial charge on any atom is -0.389 e. The summed E-state index contributed by atoms with van der Waals surface area (Å²) >= 11 is 0. The summed E-state index contributed by atoms with van der Waals surface area (Å²) in [5.74, 6) is 1.21. The van der Waals surface area contributed by atoms with E-state index in [1.54, 1.807) is 0 Å². The number of hydrogen-bond donors (Lipinski definition) is 2. The molecule has 3 N–H and O–H groups in total. The first-order valence-electron chi connectivity index (χ1n) is 7.50. The molecule has 0 heterocycles. The number of hydrogen-bond acceptors (Lipinski definition) is 2. The van der Waals surface area contributed by atoms with Crippen molar-refractivity contribution in [3.8, 4) is 0 Å². The molecule has 0 spiro atoms. The molecule has 2 saturated carbocycles. The van der Waals surface area contributed by atoms with Crippen molar-refractivity contribution in [2.45, 2.75) is 70.8 Å². The second kappa shape index (κ2) is 4.89. The summed E-state index contributed by atoms with van der Waals surface area (Å²) in [7, 11) is 0. The largest absolute Gasteiger partial charge is 0.389 e. The molecule has 2 aliphatic carbocycles. The molecule has 4 unspecified atom stereocenters. The molecular weight excluding hydrogens is 210 g/mol. The first kappa shape index (κ1) is 13.4. The lowest BCUT2D eigenvalue weighted by molar-refractivity contribution is -0.129. The summed E-state index contributed by atoms with van der Waals surface area (Å²) < 4.78 is 0. The van der Waals surface area contributed by atoms with E-state index in [4.69, 9.17) is 5.73 Å². The first-order chi connectivity index (χ1) is 8.08. The Morgan fingerprint density at radius 3 is 2.47 bits per heavy atom. The highest BCUT2D eigenvalue weighted by Gasteiger charge is 2.55. The second-order valence-electron chi connectivity index (χ2n) is 6.57. The first-order valence-corrected chi connectivity index (χ1v) is 7.50. The lowest BCUT2D eigenvalue weighted by Gasteiger charge is -2.51. The number of nitrogens with two attached hydrogens (primary N) is 1. The molecular formula is C15H29NO. The van der Waals surface area contributed by atoms with Crippen LogP contribution in [0.15, 0.2) is 0 Å². The minimum atomic E-state index is -0.477. The third kappa shape index (κ3) is 2.04. The summed E-state index contributed by atoms with van der Waals surface area (Å²) in [6, 6.07) is 0. The molecule has 2 nitrogen and oxygen atoms in total. The van der Waals surface area contributed by atoms with Gasteiger partial charge in [0, 0.05) is 12.0 Å². The Balaban J connectivity index is 2.23. The molecule has 4 atom stereocenters. The predicted octanol–water partition coefficient (Wildman–Crippen LogP) is 3.08. The van der Waals surface area contributed by atoms with Gasteiger partial charge in [0.15, 0.2) is 0 Å². The van der Waals surface area contributed by atoms with Crippen LogP contribution >= 0.6 is 0 Å². The van der Waals surface area contributed by atoms with Crippen LogP contribution in [0.2, 0.25) is 0 Å². The number of aliphatic hydroxyl groups is 1. The molecule has 2 heteroatoms. The molecule has 100 valence electrons. The van der Waals surface area contributed by atoms with Gasteiger partial charge in [0.2, 0.25) is 0 Å². The molecule has 0 radical (unpaired) electrons. The monoisotopic (exact) mass is 239 g/mol. The van der Waals surface area contributed by atoms with Gasteiger partial charge in [0.25, 0.3) is 0 Å². The quantitative estimate of drug-likeness (QED) is 0.795. The van der Waals surface area contributed by atoms with E-state index in [1.807, 2.05) is 0 Å². The molecule has 0 aromatic heterocycles. The van der Waals surface area contributed by atoms with E-state index in [9.17, 15) is 5.11 Å². The fourth-order valence-electron chi connectivity index (χ4n) is 4.54. The fourth-order valence-corrected chi connectivity index (χ4v) is 4.54. The van der Waals surface area contributed by atoms with Gasteiger partial charge in [-0.3, -0.25) is 0 Å². The van der Waals surface area contributed by atoms with Crippen molar-refractivity contribution in [2.75, 3.05) is 6.54 Å². The maximum absolute atomic E-state index is 11.2. The van der Waals surface area contributed by atoms with Gasteiger partial charge in [0.05, 0.1) is 5.60 Å². The van der Waals surface area contributed by atoms with Crippen molar-refractivity contribution in [3.05, 3.63) is 0 Å². The van der Waals surface area contributed by atoms with E-state index < -0.39 is 5.60 Å². The third-order valence-corrected chi connectivity index (χ3v) is 5.84. The van der Waals surface area contributed by atoms with Gasteiger partial charge in [0.1, 0.15) is 0 Å². The van der Waals surface area contributed by atoms with Gasteiger partial charge >= 0.3 is 0 Å². The van der Waals surface area contributed by atoms with Crippen molar-refractivity contribution in [1.82, 2.24) is 0 Å². The van der Waals surface area contributed by atoms with E-state index in [-0.39, 0.29) is 5.41 Å². The Bertz CT molecular complexity index is 268. The smallest absolute Gasteiger partial charge is 0.0741 e. The zero-order valence-electron chi connectivity index (χ0n) is 11.5. The lowest BCUT2D eigenvalue weighted by Crippen LogP contribution is -2.56. The summed E-state index contributed by atoms with van der Waals surface area (Å²) in [6.07, 6.45) is 9.45. The Morgan fingerprint density at radius 2 is 1.94 bits per heavy atom. The van der Waals surface area contributed by atoms with Gasteiger partial charge < -0.3 is 10.8 Å². The van der Waals surface area contributed by atoms with Crippen LogP contribution in [0.25, 0.3) is 0 Å². The lowest BCUT2D eigenvalue weighted by atomic mass is 9.57. The van der Waals surface area contributed by atoms with Crippen LogP contribution in [0.1, 0.15) is 65.2 Å². The summed E-state index contributed by atoms with van der Waals surface area (Å²) in [5, 5.41) is 11.2. The molecule has 0 aromatic carbocycles. The highest BCUT2D eigenvalue weighted by Crippen LogP contribution is 2.55. The van der Waals surface area contributed by atoms with Crippen molar-refractivity contribution >= 4 is 0 Å². The highest BCUT2D eigenvalue weighted by molar-refractivity contribution is 5.07. The second-order valence-corrected chi connectivity index (χ2v) is 6.57. The molecule has 2 rings (SSSR count). The molecule has 0 aliphatic heterocycles. The highest BCUT2D eigenvalue weighted by atomic mass is 16.3. The molecule has 2 fully saturated rings. The SMILES string of the molecule is CCC1CCCC(CN)(C2(O)CCCC2C)C1. The standard InChI is InChI=1S/C15H29NO/c1-3-13-7-5-8-14(10-13,11-16)15(17)9-4-6-12(15)2/h12-13,17H,3-11,16H2,1-2H3. The molecule has 0 aromatic rings. The zero-order chi connectivity index (χ0) is 12.5. The topological polar surface area (TPSA) is 46.2 Å². The molecule has 17 heavy (non-hydrogen) atoms. The third-order valence-electron chi connectivity index (χ3n) is 5.84. The predicted molar refractivity (Wildman–Crippen MR) is 71.7 cm³/mol. The Hall–Kier alpha value is -0.0800. The summed E-state index contributed by atoms with van der Waals surface area (Å²) in [4.78, 5) is 0. The van der Waals surface area contributed by atoms with Crippen LogP contribution < -0.4 is 5.73 Å².